The van der Waals surface area contributed by atoms with E-state index >= 15 is 0 Å². The number of hydrogen-bond acceptors (Lipinski definition) is 3. The van der Waals surface area contributed by atoms with Gasteiger partial charge in [-0.3, -0.25) is 4.98 Å². The van der Waals surface area contributed by atoms with Crippen LogP contribution in [0.1, 0.15) is 13.8 Å². The first-order valence-electron chi connectivity index (χ1n) is 5.62. The van der Waals surface area contributed by atoms with E-state index in [1.807, 2.05) is 13.1 Å². The highest BCUT2D eigenvalue weighted by Gasteiger charge is 2.04. The fraction of sp³-hybridized carbons (Fsp3) is 0.583. The largest absolute Gasteiger partial charge is 0.372 e. The molecule has 4 heteroatoms. The van der Waals surface area contributed by atoms with E-state index in [2.05, 4.69) is 29.0 Å². The van der Waals surface area contributed by atoms with Crippen molar-refractivity contribution in [3.8, 4) is 0 Å². The second-order valence-corrected chi connectivity index (χ2v) is 4.75. The lowest BCUT2D eigenvalue weighted by Gasteiger charge is -2.20. The molecule has 0 aliphatic heterocycles. The molecule has 3 nitrogen and oxygen atoms in total. The molecular weight excluding hydrogens is 222 g/mol. The zero-order chi connectivity index (χ0) is 12.0. The lowest BCUT2D eigenvalue weighted by atomic mass is 10.2. The molecule has 0 radical (unpaired) electrons. The maximum Gasteiger partial charge on any atom is 0.0822 e. The van der Waals surface area contributed by atoms with Crippen LogP contribution in [-0.2, 0) is 0 Å². The summed E-state index contributed by atoms with van der Waals surface area (Å²) in [7, 11) is 2.04. The summed E-state index contributed by atoms with van der Waals surface area (Å²) < 4.78 is 0. The molecule has 0 saturated heterocycles. The Balaban J connectivity index is 2.35. The van der Waals surface area contributed by atoms with Crippen molar-refractivity contribution < 1.29 is 0 Å². The second kappa shape index (κ2) is 6.71. The molecule has 16 heavy (non-hydrogen) atoms. The van der Waals surface area contributed by atoms with E-state index < -0.39 is 0 Å². The highest BCUT2D eigenvalue weighted by molar-refractivity contribution is 6.33. The first kappa shape index (κ1) is 13.3. The Morgan fingerprint density at radius 2 is 2.25 bits per heavy atom. The third-order valence-corrected chi connectivity index (χ3v) is 2.63. The Kier molecular flexibility index (Phi) is 5.56. The normalized spacial score (nSPS) is 10.8. The Labute approximate surface area is 103 Å². The van der Waals surface area contributed by atoms with Gasteiger partial charge in [0, 0.05) is 32.5 Å². The number of halogens is 1. The second-order valence-electron chi connectivity index (χ2n) is 4.35. The van der Waals surface area contributed by atoms with E-state index in [4.69, 9.17) is 11.6 Å². The fourth-order valence-corrected chi connectivity index (χ4v) is 1.70. The van der Waals surface area contributed by atoms with Crippen LogP contribution in [0.25, 0.3) is 0 Å². The Bertz CT molecular complexity index is 315. The molecule has 1 aromatic heterocycles. The molecule has 0 aromatic carbocycles. The highest BCUT2D eigenvalue weighted by Crippen LogP contribution is 2.22. The highest BCUT2D eigenvalue weighted by atomic mass is 35.5. The first-order chi connectivity index (χ1) is 7.61. The van der Waals surface area contributed by atoms with Gasteiger partial charge in [-0.15, -0.1) is 0 Å². The van der Waals surface area contributed by atoms with Gasteiger partial charge >= 0.3 is 0 Å². The third kappa shape index (κ3) is 4.37. The van der Waals surface area contributed by atoms with E-state index in [1.165, 1.54) is 0 Å². The summed E-state index contributed by atoms with van der Waals surface area (Å²) in [6, 6.07) is 1.94. The van der Waals surface area contributed by atoms with Crippen molar-refractivity contribution in [3.05, 3.63) is 23.5 Å². The minimum Gasteiger partial charge on any atom is -0.372 e. The molecule has 0 saturated carbocycles. The van der Waals surface area contributed by atoms with Crippen LogP contribution in [0.15, 0.2) is 18.5 Å². The molecule has 0 spiro atoms. The van der Waals surface area contributed by atoms with Gasteiger partial charge in [-0.2, -0.15) is 0 Å². The summed E-state index contributed by atoms with van der Waals surface area (Å²) in [5.74, 6) is 0.690. The zero-order valence-electron chi connectivity index (χ0n) is 10.2. The average Bonchev–Trinajstić information content (AvgIpc) is 2.24. The van der Waals surface area contributed by atoms with Crippen molar-refractivity contribution >= 4 is 17.3 Å². The molecule has 0 amide bonds. The fourth-order valence-electron chi connectivity index (χ4n) is 1.44. The van der Waals surface area contributed by atoms with Gasteiger partial charge in [-0.1, -0.05) is 25.4 Å². The SMILES string of the molecule is CC(C)CNCCN(C)c1ccncc1Cl. The predicted octanol–water partition coefficient (Wildman–Crippen LogP) is 2.42. The van der Waals surface area contributed by atoms with Crippen LogP contribution in [0.2, 0.25) is 5.02 Å². The molecule has 1 N–H and O–H groups in total. The van der Waals surface area contributed by atoms with E-state index in [9.17, 15) is 0 Å². The molecule has 0 bridgehead atoms. The number of anilines is 1. The Hall–Kier alpha value is -0.800. The van der Waals surface area contributed by atoms with Crippen molar-refractivity contribution in [2.45, 2.75) is 13.8 Å². The number of aromatic nitrogens is 1. The van der Waals surface area contributed by atoms with Crippen molar-refractivity contribution in [1.82, 2.24) is 10.3 Å². The summed E-state index contributed by atoms with van der Waals surface area (Å²) in [6.45, 7) is 7.37. The van der Waals surface area contributed by atoms with Crippen LogP contribution < -0.4 is 10.2 Å². The molecular formula is C12H20ClN3. The Morgan fingerprint density at radius 3 is 2.88 bits per heavy atom. The lowest BCUT2D eigenvalue weighted by molar-refractivity contribution is 0.554. The molecule has 1 rings (SSSR count). The van der Waals surface area contributed by atoms with Gasteiger partial charge in [0.05, 0.1) is 10.7 Å². The minimum atomic E-state index is 0.690. The van der Waals surface area contributed by atoms with Gasteiger partial charge in [0.2, 0.25) is 0 Å². The van der Waals surface area contributed by atoms with E-state index in [1.54, 1.807) is 12.4 Å². The molecule has 0 atom stereocenters. The maximum atomic E-state index is 6.06. The van der Waals surface area contributed by atoms with Crippen LogP contribution >= 0.6 is 11.6 Å². The van der Waals surface area contributed by atoms with Gasteiger partial charge < -0.3 is 10.2 Å². The third-order valence-electron chi connectivity index (χ3n) is 2.34. The molecule has 0 aliphatic carbocycles. The van der Waals surface area contributed by atoms with Crippen molar-refractivity contribution in [1.29, 1.82) is 0 Å². The van der Waals surface area contributed by atoms with E-state index in [0.717, 1.165) is 25.3 Å². The molecule has 0 fully saturated rings. The summed E-state index contributed by atoms with van der Waals surface area (Å²) >= 11 is 6.06. The van der Waals surface area contributed by atoms with Gasteiger partial charge in [-0.25, -0.2) is 0 Å². The van der Waals surface area contributed by atoms with Crippen molar-refractivity contribution in [2.24, 2.45) is 5.92 Å². The summed E-state index contributed by atoms with van der Waals surface area (Å²) in [5.41, 5.74) is 1.03. The monoisotopic (exact) mass is 241 g/mol. The van der Waals surface area contributed by atoms with Gasteiger partial charge in [0.15, 0.2) is 0 Å². The molecule has 1 aromatic rings. The molecule has 90 valence electrons. The molecule has 1 heterocycles. The molecule has 0 unspecified atom stereocenters. The van der Waals surface area contributed by atoms with Crippen LogP contribution in [0, 0.1) is 5.92 Å². The van der Waals surface area contributed by atoms with Gasteiger partial charge in [0.1, 0.15) is 0 Å². The smallest absolute Gasteiger partial charge is 0.0822 e. The number of pyridine rings is 1. The number of likely N-dealkylation sites (N-methyl/N-ethyl adjacent to an activating group) is 1. The maximum absolute atomic E-state index is 6.06. The summed E-state index contributed by atoms with van der Waals surface area (Å²) in [6.07, 6.45) is 3.44. The van der Waals surface area contributed by atoms with Crippen molar-refractivity contribution in [2.75, 3.05) is 31.6 Å². The van der Waals surface area contributed by atoms with Gasteiger partial charge in [-0.05, 0) is 18.5 Å². The lowest BCUT2D eigenvalue weighted by Crippen LogP contribution is -2.31. The minimum absolute atomic E-state index is 0.690. The first-order valence-corrected chi connectivity index (χ1v) is 6.00. The van der Waals surface area contributed by atoms with Crippen molar-refractivity contribution in [3.63, 3.8) is 0 Å². The molecule has 0 aliphatic rings. The number of nitrogens with one attached hydrogen (secondary N) is 1. The Morgan fingerprint density at radius 1 is 1.50 bits per heavy atom. The van der Waals surface area contributed by atoms with Crippen LogP contribution in [-0.4, -0.2) is 31.7 Å². The quantitative estimate of drug-likeness (QED) is 0.776. The number of rotatable bonds is 6. The van der Waals surface area contributed by atoms with Crippen LogP contribution in [0.5, 0.6) is 0 Å². The number of nitrogens with zero attached hydrogens (tertiary/aromatic N) is 2. The van der Waals surface area contributed by atoms with E-state index in [-0.39, 0.29) is 0 Å². The zero-order valence-corrected chi connectivity index (χ0v) is 11.0. The van der Waals surface area contributed by atoms with Crippen LogP contribution in [0.4, 0.5) is 5.69 Å². The standard InChI is InChI=1S/C12H20ClN3/c1-10(2)8-15-6-7-16(3)12-4-5-14-9-11(12)13/h4-5,9-10,15H,6-8H2,1-3H3. The van der Waals surface area contributed by atoms with E-state index in [0.29, 0.717) is 10.9 Å². The average molecular weight is 242 g/mol. The topological polar surface area (TPSA) is 28.2 Å². The summed E-state index contributed by atoms with van der Waals surface area (Å²) in [5, 5.41) is 4.11. The summed E-state index contributed by atoms with van der Waals surface area (Å²) in [4.78, 5) is 6.11. The number of hydrogen-bond donors (Lipinski definition) is 1. The van der Waals surface area contributed by atoms with Crippen LogP contribution in [0.3, 0.4) is 0 Å². The van der Waals surface area contributed by atoms with Gasteiger partial charge in [0.25, 0.3) is 0 Å². The predicted molar refractivity (Wildman–Crippen MR) is 70.2 cm³/mol.